The molecule has 0 amide bonds. The van der Waals surface area contributed by atoms with Crippen LogP contribution in [-0.2, 0) is 11.2 Å². The molecule has 1 aromatic heterocycles. The first-order valence-corrected chi connectivity index (χ1v) is 7.70. The summed E-state index contributed by atoms with van der Waals surface area (Å²) in [7, 11) is 1.69. The van der Waals surface area contributed by atoms with E-state index in [1.807, 2.05) is 0 Å². The molecule has 1 rings (SSSR count). The van der Waals surface area contributed by atoms with Crippen molar-refractivity contribution in [2.24, 2.45) is 5.92 Å². The van der Waals surface area contributed by atoms with Crippen LogP contribution < -0.4 is 5.32 Å². The van der Waals surface area contributed by atoms with Crippen LogP contribution >= 0.6 is 0 Å². The number of nitrogens with one attached hydrogen (secondary N) is 1. The molecule has 20 heavy (non-hydrogen) atoms. The first kappa shape index (κ1) is 17.1. The van der Waals surface area contributed by atoms with Crippen molar-refractivity contribution < 1.29 is 9.26 Å². The van der Waals surface area contributed by atoms with Crippen molar-refractivity contribution in [3.63, 3.8) is 0 Å². The summed E-state index contributed by atoms with van der Waals surface area (Å²) in [6.45, 7) is 9.72. The number of methoxy groups -OCH3 is 1. The lowest BCUT2D eigenvalue weighted by Gasteiger charge is -2.20. The van der Waals surface area contributed by atoms with Crippen molar-refractivity contribution in [2.45, 2.75) is 65.5 Å². The molecule has 5 nitrogen and oxygen atoms in total. The molecule has 116 valence electrons. The Morgan fingerprint density at radius 1 is 1.25 bits per heavy atom. The zero-order valence-electron chi connectivity index (χ0n) is 13.5. The molecule has 2 unspecified atom stereocenters. The van der Waals surface area contributed by atoms with Gasteiger partial charge in [0.2, 0.25) is 11.7 Å². The highest BCUT2D eigenvalue weighted by atomic mass is 16.5. The van der Waals surface area contributed by atoms with Crippen LogP contribution in [0.2, 0.25) is 0 Å². The highest BCUT2D eigenvalue weighted by molar-refractivity contribution is 4.94. The Kier molecular flexibility index (Phi) is 7.77. The zero-order chi connectivity index (χ0) is 15.0. The zero-order valence-corrected chi connectivity index (χ0v) is 13.5. The second-order valence-electron chi connectivity index (χ2n) is 5.57. The minimum Gasteiger partial charge on any atom is -0.373 e. The first-order chi connectivity index (χ1) is 9.62. The lowest BCUT2D eigenvalue weighted by molar-refractivity contribution is 0.0854. The minimum atomic E-state index is -0.0569. The standard InChI is InChI=1S/C15H29N3O2/c1-6-8-13(19-5)15-17-14(20-18-15)10-12(11(3)4)16-9-7-2/h11-13,16H,6-10H2,1-5H3. The average Bonchev–Trinajstić information content (AvgIpc) is 2.88. The van der Waals surface area contributed by atoms with E-state index in [4.69, 9.17) is 9.26 Å². The van der Waals surface area contributed by atoms with Gasteiger partial charge in [0.15, 0.2) is 0 Å². The molecule has 0 fully saturated rings. The van der Waals surface area contributed by atoms with Crippen LogP contribution in [-0.4, -0.2) is 29.8 Å². The molecule has 0 saturated heterocycles. The number of hydrogen-bond donors (Lipinski definition) is 1. The van der Waals surface area contributed by atoms with Crippen LogP contribution in [0.5, 0.6) is 0 Å². The quantitative estimate of drug-likeness (QED) is 0.715. The maximum Gasteiger partial charge on any atom is 0.228 e. The summed E-state index contributed by atoms with van der Waals surface area (Å²) in [5.74, 6) is 1.90. The summed E-state index contributed by atoms with van der Waals surface area (Å²) >= 11 is 0. The van der Waals surface area contributed by atoms with Gasteiger partial charge in [-0.05, 0) is 25.3 Å². The van der Waals surface area contributed by atoms with Crippen LogP contribution in [0, 0.1) is 5.92 Å². The molecular weight excluding hydrogens is 254 g/mol. The Labute approximate surface area is 122 Å². The molecule has 0 aliphatic carbocycles. The lowest BCUT2D eigenvalue weighted by Crippen LogP contribution is -2.36. The highest BCUT2D eigenvalue weighted by Gasteiger charge is 2.20. The van der Waals surface area contributed by atoms with E-state index in [1.54, 1.807) is 7.11 Å². The third-order valence-corrected chi connectivity index (χ3v) is 3.46. The van der Waals surface area contributed by atoms with Gasteiger partial charge in [-0.2, -0.15) is 4.98 Å². The van der Waals surface area contributed by atoms with E-state index in [1.165, 1.54) is 0 Å². The smallest absolute Gasteiger partial charge is 0.228 e. The van der Waals surface area contributed by atoms with Gasteiger partial charge in [0.1, 0.15) is 6.10 Å². The molecular formula is C15H29N3O2. The molecule has 1 N–H and O–H groups in total. The van der Waals surface area contributed by atoms with Crippen LogP contribution in [0.15, 0.2) is 4.52 Å². The molecule has 5 heteroatoms. The predicted molar refractivity (Wildman–Crippen MR) is 79.6 cm³/mol. The van der Waals surface area contributed by atoms with Gasteiger partial charge in [0.05, 0.1) is 0 Å². The van der Waals surface area contributed by atoms with E-state index < -0.39 is 0 Å². The van der Waals surface area contributed by atoms with Crippen molar-refractivity contribution in [2.75, 3.05) is 13.7 Å². The van der Waals surface area contributed by atoms with Crippen molar-refractivity contribution in [1.82, 2.24) is 15.5 Å². The Balaban J connectivity index is 2.65. The third-order valence-electron chi connectivity index (χ3n) is 3.46. The van der Waals surface area contributed by atoms with Crippen molar-refractivity contribution >= 4 is 0 Å². The van der Waals surface area contributed by atoms with Gasteiger partial charge in [0.25, 0.3) is 0 Å². The summed E-state index contributed by atoms with van der Waals surface area (Å²) in [5, 5.41) is 7.60. The summed E-state index contributed by atoms with van der Waals surface area (Å²) in [4.78, 5) is 4.49. The van der Waals surface area contributed by atoms with Crippen LogP contribution in [0.1, 0.15) is 64.8 Å². The average molecular weight is 283 g/mol. The van der Waals surface area contributed by atoms with Crippen molar-refractivity contribution in [1.29, 1.82) is 0 Å². The number of nitrogens with zero attached hydrogens (tertiary/aromatic N) is 2. The van der Waals surface area contributed by atoms with Crippen LogP contribution in [0.3, 0.4) is 0 Å². The van der Waals surface area contributed by atoms with Gasteiger partial charge in [-0.1, -0.05) is 39.3 Å². The van der Waals surface area contributed by atoms with Gasteiger partial charge in [-0.15, -0.1) is 0 Å². The monoisotopic (exact) mass is 283 g/mol. The second-order valence-corrected chi connectivity index (χ2v) is 5.57. The van der Waals surface area contributed by atoms with Gasteiger partial charge < -0.3 is 14.6 Å². The van der Waals surface area contributed by atoms with Gasteiger partial charge in [-0.25, -0.2) is 0 Å². The maximum atomic E-state index is 5.41. The van der Waals surface area contributed by atoms with Crippen LogP contribution in [0.4, 0.5) is 0 Å². The molecule has 0 saturated carbocycles. The normalized spacial score (nSPS) is 14.7. The summed E-state index contributed by atoms with van der Waals surface area (Å²) in [5.41, 5.74) is 0. The molecule has 0 aliphatic rings. The SMILES string of the molecule is CCCNC(Cc1nc(C(CCC)OC)no1)C(C)C. The molecule has 0 aliphatic heterocycles. The largest absolute Gasteiger partial charge is 0.373 e. The van der Waals surface area contributed by atoms with Gasteiger partial charge >= 0.3 is 0 Å². The van der Waals surface area contributed by atoms with E-state index >= 15 is 0 Å². The van der Waals surface area contributed by atoms with Gasteiger partial charge in [0, 0.05) is 19.6 Å². The van der Waals surface area contributed by atoms with E-state index in [9.17, 15) is 0 Å². The number of rotatable bonds is 10. The van der Waals surface area contributed by atoms with Crippen molar-refractivity contribution in [3.05, 3.63) is 11.7 Å². The minimum absolute atomic E-state index is 0.0569. The Hall–Kier alpha value is -0.940. The number of ether oxygens (including phenoxy) is 1. The predicted octanol–water partition coefficient (Wildman–Crippen LogP) is 3.12. The van der Waals surface area contributed by atoms with E-state index in [2.05, 4.69) is 43.2 Å². The Bertz CT molecular complexity index is 366. The molecule has 1 heterocycles. The summed E-state index contributed by atoms with van der Waals surface area (Å²) < 4.78 is 10.8. The van der Waals surface area contributed by atoms with Crippen molar-refractivity contribution in [3.8, 4) is 0 Å². The topological polar surface area (TPSA) is 60.2 Å². The van der Waals surface area contributed by atoms with Gasteiger partial charge in [-0.3, -0.25) is 0 Å². The fourth-order valence-electron chi connectivity index (χ4n) is 2.16. The maximum absolute atomic E-state index is 5.41. The lowest BCUT2D eigenvalue weighted by atomic mass is 10.0. The van der Waals surface area contributed by atoms with E-state index in [0.717, 1.165) is 32.2 Å². The Morgan fingerprint density at radius 2 is 2.00 bits per heavy atom. The second kappa shape index (κ2) is 9.08. The Morgan fingerprint density at radius 3 is 2.55 bits per heavy atom. The molecule has 0 bridgehead atoms. The third kappa shape index (κ3) is 5.21. The summed E-state index contributed by atoms with van der Waals surface area (Å²) in [6, 6.07) is 0.371. The first-order valence-electron chi connectivity index (χ1n) is 7.70. The molecule has 1 aromatic rings. The molecule has 0 spiro atoms. The molecule has 0 radical (unpaired) electrons. The highest BCUT2D eigenvalue weighted by Crippen LogP contribution is 2.19. The molecule has 2 atom stereocenters. The fourth-order valence-corrected chi connectivity index (χ4v) is 2.16. The van der Waals surface area contributed by atoms with E-state index in [-0.39, 0.29) is 6.10 Å². The summed E-state index contributed by atoms with van der Waals surface area (Å²) in [6.07, 6.45) is 3.79. The number of hydrogen-bond acceptors (Lipinski definition) is 5. The molecule has 0 aromatic carbocycles. The van der Waals surface area contributed by atoms with E-state index in [0.29, 0.717) is 23.7 Å². The fraction of sp³-hybridized carbons (Fsp3) is 0.867. The number of aromatic nitrogens is 2. The van der Waals surface area contributed by atoms with Crippen LogP contribution in [0.25, 0.3) is 0 Å².